The molecule has 6 heteroatoms. The fourth-order valence-corrected chi connectivity index (χ4v) is 3.62. The van der Waals surface area contributed by atoms with Crippen molar-refractivity contribution in [2.75, 3.05) is 11.9 Å². The second-order valence-corrected chi connectivity index (χ2v) is 8.16. The minimum Gasteiger partial charge on any atom is -0.494 e. The summed E-state index contributed by atoms with van der Waals surface area (Å²) in [6, 6.07) is 15.2. The quantitative estimate of drug-likeness (QED) is 0.326. The van der Waals surface area contributed by atoms with E-state index in [4.69, 9.17) is 16.3 Å². The molecule has 0 unspecified atom stereocenters. The average Bonchev–Trinajstić information content (AvgIpc) is 3.08. The Hall–Kier alpha value is -2.63. The van der Waals surface area contributed by atoms with Gasteiger partial charge in [-0.1, -0.05) is 49.2 Å². The van der Waals surface area contributed by atoms with Crippen LogP contribution < -0.4 is 10.1 Å². The maximum atomic E-state index is 12.3. The van der Waals surface area contributed by atoms with Crippen LogP contribution in [0.15, 0.2) is 54.6 Å². The summed E-state index contributed by atoms with van der Waals surface area (Å²) in [7, 11) is 0. The van der Waals surface area contributed by atoms with Crippen LogP contribution in [-0.2, 0) is 4.79 Å². The first-order valence-electron chi connectivity index (χ1n) is 9.50. The van der Waals surface area contributed by atoms with Gasteiger partial charge in [0.15, 0.2) is 5.13 Å². The second-order valence-electron chi connectivity index (χ2n) is 6.52. The smallest absolute Gasteiger partial charge is 0.250 e. The number of rotatable bonds is 8. The van der Waals surface area contributed by atoms with Crippen LogP contribution in [-0.4, -0.2) is 17.5 Å². The van der Waals surface area contributed by atoms with Gasteiger partial charge in [-0.2, -0.15) is 0 Å². The SMILES string of the molecule is CCCCOc1ccc(C=CC(=O)Nc2nc(-c3ccc(Cl)cc3)c(C)s2)cc1. The Morgan fingerprint density at radius 3 is 2.59 bits per heavy atom. The molecule has 150 valence electrons. The van der Waals surface area contributed by atoms with Crippen molar-refractivity contribution in [3.05, 3.63) is 70.1 Å². The lowest BCUT2D eigenvalue weighted by Crippen LogP contribution is -2.07. The van der Waals surface area contributed by atoms with Crippen molar-refractivity contribution in [3.8, 4) is 17.0 Å². The van der Waals surface area contributed by atoms with Crippen LogP contribution in [0.3, 0.4) is 0 Å². The van der Waals surface area contributed by atoms with Crippen molar-refractivity contribution in [1.29, 1.82) is 0 Å². The van der Waals surface area contributed by atoms with Crippen LogP contribution in [0.5, 0.6) is 5.75 Å². The van der Waals surface area contributed by atoms with Gasteiger partial charge in [-0.15, -0.1) is 11.3 Å². The second kappa shape index (κ2) is 10.2. The molecule has 1 heterocycles. The van der Waals surface area contributed by atoms with Crippen LogP contribution in [0.2, 0.25) is 5.02 Å². The molecule has 0 aliphatic heterocycles. The number of benzene rings is 2. The fourth-order valence-electron chi connectivity index (χ4n) is 2.65. The third-order valence-electron chi connectivity index (χ3n) is 4.22. The summed E-state index contributed by atoms with van der Waals surface area (Å²) in [6.07, 6.45) is 5.42. The third-order valence-corrected chi connectivity index (χ3v) is 5.36. The molecular weight excluding hydrogens is 404 g/mol. The van der Waals surface area contributed by atoms with Crippen LogP contribution in [0, 0.1) is 6.92 Å². The first kappa shape index (κ1) is 21.1. The highest BCUT2D eigenvalue weighted by Crippen LogP contribution is 2.31. The molecule has 2 aromatic carbocycles. The van der Waals surface area contributed by atoms with E-state index in [2.05, 4.69) is 17.2 Å². The van der Waals surface area contributed by atoms with E-state index in [0.29, 0.717) is 10.2 Å². The van der Waals surface area contributed by atoms with E-state index in [1.54, 1.807) is 6.08 Å². The summed E-state index contributed by atoms with van der Waals surface area (Å²) in [5.74, 6) is 0.623. The Bertz CT molecular complexity index is 979. The molecule has 1 amide bonds. The number of aromatic nitrogens is 1. The zero-order valence-corrected chi connectivity index (χ0v) is 18.0. The number of ether oxygens (including phenoxy) is 1. The van der Waals surface area contributed by atoms with Crippen LogP contribution in [0.25, 0.3) is 17.3 Å². The molecule has 3 rings (SSSR count). The lowest BCUT2D eigenvalue weighted by Gasteiger charge is -2.05. The number of nitrogens with one attached hydrogen (secondary N) is 1. The van der Waals surface area contributed by atoms with Gasteiger partial charge in [0.25, 0.3) is 0 Å². The monoisotopic (exact) mass is 426 g/mol. The van der Waals surface area contributed by atoms with Gasteiger partial charge in [0, 0.05) is 21.5 Å². The highest BCUT2D eigenvalue weighted by atomic mass is 35.5. The Balaban J connectivity index is 1.59. The Morgan fingerprint density at radius 2 is 1.90 bits per heavy atom. The number of anilines is 1. The molecule has 29 heavy (non-hydrogen) atoms. The number of hydrogen-bond donors (Lipinski definition) is 1. The van der Waals surface area contributed by atoms with Gasteiger partial charge in [0.05, 0.1) is 12.3 Å². The number of aryl methyl sites for hydroxylation is 1. The van der Waals surface area contributed by atoms with Crippen molar-refractivity contribution in [1.82, 2.24) is 4.98 Å². The summed E-state index contributed by atoms with van der Waals surface area (Å²) >= 11 is 7.39. The molecule has 4 nitrogen and oxygen atoms in total. The van der Waals surface area contributed by atoms with Crippen LogP contribution in [0.1, 0.15) is 30.2 Å². The Labute approximate surface area is 180 Å². The number of hydrogen-bond acceptors (Lipinski definition) is 4. The van der Waals surface area contributed by atoms with Gasteiger partial charge in [-0.05, 0) is 49.2 Å². The van der Waals surface area contributed by atoms with E-state index in [-0.39, 0.29) is 5.91 Å². The number of carbonyl (C=O) groups excluding carboxylic acids is 1. The van der Waals surface area contributed by atoms with E-state index < -0.39 is 0 Å². The summed E-state index contributed by atoms with van der Waals surface area (Å²) in [5.41, 5.74) is 2.75. The Morgan fingerprint density at radius 1 is 1.17 bits per heavy atom. The highest BCUT2D eigenvalue weighted by Gasteiger charge is 2.11. The van der Waals surface area contributed by atoms with Gasteiger partial charge in [0.2, 0.25) is 5.91 Å². The summed E-state index contributed by atoms with van der Waals surface area (Å²) < 4.78 is 5.64. The molecule has 0 radical (unpaired) electrons. The van der Waals surface area contributed by atoms with Gasteiger partial charge in [-0.25, -0.2) is 4.98 Å². The minimum absolute atomic E-state index is 0.218. The van der Waals surface area contributed by atoms with Crippen LogP contribution >= 0.6 is 22.9 Å². The number of unbranched alkanes of at least 4 members (excludes halogenated alkanes) is 1. The van der Waals surface area contributed by atoms with E-state index >= 15 is 0 Å². The third kappa shape index (κ3) is 6.17. The van der Waals surface area contributed by atoms with Gasteiger partial charge in [-0.3, -0.25) is 10.1 Å². The zero-order chi connectivity index (χ0) is 20.6. The molecule has 0 aliphatic carbocycles. The maximum Gasteiger partial charge on any atom is 0.250 e. The molecule has 0 spiro atoms. The largest absolute Gasteiger partial charge is 0.494 e. The molecule has 0 aliphatic rings. The zero-order valence-electron chi connectivity index (χ0n) is 16.4. The molecule has 3 aromatic rings. The van der Waals surface area contributed by atoms with E-state index in [9.17, 15) is 4.79 Å². The molecule has 1 N–H and O–H groups in total. The number of amides is 1. The molecule has 0 atom stereocenters. The van der Waals surface area contributed by atoms with Crippen molar-refractivity contribution in [2.24, 2.45) is 0 Å². The molecule has 0 fully saturated rings. The molecule has 0 saturated heterocycles. The first-order valence-corrected chi connectivity index (χ1v) is 10.7. The van der Waals surface area contributed by atoms with Crippen LogP contribution in [0.4, 0.5) is 5.13 Å². The predicted octanol–water partition coefficient (Wildman–Crippen LogP) is 6.60. The number of carbonyl (C=O) groups is 1. The van der Waals surface area contributed by atoms with Crippen molar-refractivity contribution in [3.63, 3.8) is 0 Å². The van der Waals surface area contributed by atoms with E-state index in [1.165, 1.54) is 17.4 Å². The average molecular weight is 427 g/mol. The maximum absolute atomic E-state index is 12.3. The fraction of sp³-hybridized carbons (Fsp3) is 0.217. The molecule has 0 bridgehead atoms. The van der Waals surface area contributed by atoms with Gasteiger partial charge < -0.3 is 4.74 Å². The van der Waals surface area contributed by atoms with E-state index in [0.717, 1.165) is 46.9 Å². The number of nitrogens with zero attached hydrogens (tertiary/aromatic N) is 1. The molecular formula is C23H23ClN2O2S. The van der Waals surface area contributed by atoms with E-state index in [1.807, 2.05) is 55.5 Å². The first-order chi connectivity index (χ1) is 14.0. The standard InChI is InChI=1S/C23H23ClN2O2S/c1-3-4-15-28-20-12-5-17(6-13-20)7-14-21(27)25-23-26-22(16(2)29-23)18-8-10-19(24)11-9-18/h5-14H,3-4,15H2,1-2H3,(H,25,26,27). The Kier molecular flexibility index (Phi) is 7.44. The minimum atomic E-state index is -0.218. The summed E-state index contributed by atoms with van der Waals surface area (Å²) in [6.45, 7) is 4.84. The normalized spacial score (nSPS) is 11.0. The van der Waals surface area contributed by atoms with Crippen molar-refractivity contribution in [2.45, 2.75) is 26.7 Å². The predicted molar refractivity (Wildman–Crippen MR) is 122 cm³/mol. The molecule has 0 saturated carbocycles. The highest BCUT2D eigenvalue weighted by molar-refractivity contribution is 7.16. The van der Waals surface area contributed by atoms with Gasteiger partial charge in [0.1, 0.15) is 5.75 Å². The lowest BCUT2D eigenvalue weighted by molar-refractivity contribution is -0.111. The molecule has 1 aromatic heterocycles. The lowest BCUT2D eigenvalue weighted by atomic mass is 10.1. The summed E-state index contributed by atoms with van der Waals surface area (Å²) in [5, 5.41) is 4.08. The van der Waals surface area contributed by atoms with Crippen molar-refractivity contribution < 1.29 is 9.53 Å². The number of halogens is 1. The number of thiazole rings is 1. The topological polar surface area (TPSA) is 51.2 Å². The van der Waals surface area contributed by atoms with Gasteiger partial charge >= 0.3 is 0 Å². The summed E-state index contributed by atoms with van der Waals surface area (Å²) in [4.78, 5) is 17.8. The van der Waals surface area contributed by atoms with Crippen molar-refractivity contribution >= 4 is 40.1 Å².